The molecule has 0 saturated heterocycles. The molecule has 44 valence electrons. The molecule has 0 aromatic heterocycles. The molecule has 0 aliphatic rings. The van der Waals surface area contributed by atoms with E-state index in [1.165, 1.54) is 0 Å². The Morgan fingerprint density at radius 3 is 1.71 bits per heavy atom. The topological polar surface area (TPSA) is 55.8 Å². The van der Waals surface area contributed by atoms with Gasteiger partial charge in [-0.3, -0.25) is 0 Å². The molecule has 0 aromatic rings. The highest BCUT2D eigenvalue weighted by molar-refractivity contribution is 9.07. The van der Waals surface area contributed by atoms with Crippen molar-refractivity contribution in [3.63, 3.8) is 0 Å². The van der Waals surface area contributed by atoms with E-state index in [0.717, 1.165) is 0 Å². The van der Waals surface area contributed by atoms with Gasteiger partial charge in [-0.1, -0.05) is 0 Å². The third kappa shape index (κ3) is 3.64. The average molecular weight is 256 g/mol. The molecule has 0 radical (unpaired) electrons. The molecule has 0 aliphatic carbocycles. The zero-order chi connectivity index (χ0) is 5.91. The predicted octanol–water partition coefficient (Wildman–Crippen LogP) is 1.74. The number of phosphoric acid groups is 1. The summed E-state index contributed by atoms with van der Waals surface area (Å²) in [5.74, 6) is 0. The Labute approximate surface area is 57.3 Å². The Morgan fingerprint density at radius 2 is 1.71 bits per heavy atom. The fourth-order valence-electron chi connectivity index (χ4n) is 0.0106. The molecule has 7 heavy (non-hydrogen) atoms. The van der Waals surface area contributed by atoms with E-state index in [2.05, 4.69) is 39.7 Å². The van der Waals surface area contributed by atoms with Crippen LogP contribution in [0, 0.1) is 0 Å². The van der Waals surface area contributed by atoms with E-state index in [4.69, 9.17) is 4.89 Å². The van der Waals surface area contributed by atoms with Crippen LogP contribution in [0.4, 0.5) is 0 Å². The minimum Gasteiger partial charge on any atom is -0.301 e. The van der Waals surface area contributed by atoms with Gasteiger partial charge in [0.1, 0.15) is 32.5 Å². The minimum atomic E-state index is -3.82. The molecular weight excluding hydrogens is 255 g/mol. The Hall–Kier alpha value is 1.07. The van der Waals surface area contributed by atoms with Crippen LogP contribution in [0.25, 0.3) is 0 Å². The second-order valence-corrected chi connectivity index (χ2v) is 3.56. The van der Waals surface area contributed by atoms with Gasteiger partial charge in [-0.05, 0) is 0 Å². The quantitative estimate of drug-likeness (QED) is 0.764. The van der Waals surface area contributed by atoms with Crippen LogP contribution < -0.4 is 0 Å². The largest absolute Gasteiger partial charge is 0.494 e. The molecule has 0 fully saturated rings. The Balaban J connectivity index is 3.61. The SMILES string of the molecule is O=P(O)(OBr)OBr. The lowest BCUT2D eigenvalue weighted by Gasteiger charge is -1.96. The van der Waals surface area contributed by atoms with Gasteiger partial charge in [0.05, 0.1) is 0 Å². The van der Waals surface area contributed by atoms with Crippen molar-refractivity contribution in [2.24, 2.45) is 0 Å². The average Bonchev–Trinajstić information content (AvgIpc) is 1.68. The first kappa shape index (κ1) is 8.07. The molecule has 0 heterocycles. The molecule has 0 aliphatic heterocycles. The zero-order valence-corrected chi connectivity index (χ0v) is 6.94. The number of hydrogen-bond donors (Lipinski definition) is 1. The summed E-state index contributed by atoms with van der Waals surface area (Å²) in [4.78, 5) is 8.15. The number of rotatable bonds is 2. The Bertz CT molecular complexity index is 81.7. The van der Waals surface area contributed by atoms with Crippen LogP contribution in [0.5, 0.6) is 0 Å². The summed E-state index contributed by atoms with van der Waals surface area (Å²) in [5.41, 5.74) is 0. The van der Waals surface area contributed by atoms with Crippen LogP contribution in [0.3, 0.4) is 0 Å². The first-order chi connectivity index (χ1) is 3.12. The van der Waals surface area contributed by atoms with Crippen molar-refractivity contribution in [3.8, 4) is 0 Å². The van der Waals surface area contributed by atoms with Crippen molar-refractivity contribution in [2.75, 3.05) is 0 Å². The normalized spacial score (nSPS) is 11.9. The highest BCUT2D eigenvalue weighted by Crippen LogP contribution is 2.47. The Kier molecular flexibility index (Phi) is 3.65. The van der Waals surface area contributed by atoms with Crippen molar-refractivity contribution < 1.29 is 16.7 Å². The predicted molar refractivity (Wildman–Crippen MR) is 29.8 cm³/mol. The van der Waals surface area contributed by atoms with Gasteiger partial charge in [-0.15, -0.1) is 0 Å². The fraction of sp³-hybridized carbons (Fsp3) is 0. The maximum absolute atomic E-state index is 9.97. The van der Waals surface area contributed by atoms with Crippen molar-refractivity contribution in [2.45, 2.75) is 0 Å². The second-order valence-electron chi connectivity index (χ2n) is 0.607. The third-order valence-corrected chi connectivity index (χ3v) is 2.72. The van der Waals surface area contributed by atoms with Crippen molar-refractivity contribution in [1.82, 2.24) is 0 Å². The van der Waals surface area contributed by atoms with Gasteiger partial charge in [-0.25, -0.2) is 11.8 Å². The van der Waals surface area contributed by atoms with Gasteiger partial charge in [0.25, 0.3) is 0 Å². The summed E-state index contributed by atoms with van der Waals surface area (Å²) >= 11 is 4.53. The van der Waals surface area contributed by atoms with Crippen LogP contribution >= 0.6 is 40.3 Å². The van der Waals surface area contributed by atoms with Gasteiger partial charge < -0.3 is 4.89 Å². The van der Waals surface area contributed by atoms with Gasteiger partial charge >= 0.3 is 7.82 Å². The smallest absolute Gasteiger partial charge is 0.301 e. The maximum atomic E-state index is 9.97. The van der Waals surface area contributed by atoms with Crippen LogP contribution in [0.15, 0.2) is 0 Å². The maximum Gasteiger partial charge on any atom is 0.494 e. The minimum absolute atomic E-state index is 2.26. The van der Waals surface area contributed by atoms with Gasteiger partial charge in [0.2, 0.25) is 0 Å². The summed E-state index contributed by atoms with van der Waals surface area (Å²) < 4.78 is 17.5. The standard InChI is InChI=1S/Br2HO4P/c1-5-7(3,4)6-2/h(H,3,4). The third-order valence-electron chi connectivity index (χ3n) is 0.174. The van der Waals surface area contributed by atoms with Crippen LogP contribution in [-0.4, -0.2) is 4.89 Å². The molecule has 0 spiro atoms. The number of halogens is 2. The summed E-state index contributed by atoms with van der Waals surface area (Å²) in [6, 6.07) is 0. The van der Waals surface area contributed by atoms with E-state index < -0.39 is 7.82 Å². The highest BCUT2D eigenvalue weighted by atomic mass is 79.9. The van der Waals surface area contributed by atoms with E-state index in [1.807, 2.05) is 0 Å². The van der Waals surface area contributed by atoms with Crippen LogP contribution in [0.2, 0.25) is 0 Å². The molecule has 4 nitrogen and oxygen atoms in total. The first-order valence-corrected chi connectivity index (χ1v) is 3.85. The lowest BCUT2D eigenvalue weighted by atomic mass is 15.8. The van der Waals surface area contributed by atoms with Crippen LogP contribution in [-0.2, 0) is 11.8 Å². The molecule has 7 heteroatoms. The van der Waals surface area contributed by atoms with E-state index in [-0.39, 0.29) is 0 Å². The summed E-state index contributed by atoms with van der Waals surface area (Å²) in [7, 11) is -3.82. The molecule has 0 saturated carbocycles. The highest BCUT2D eigenvalue weighted by Gasteiger charge is 2.17. The van der Waals surface area contributed by atoms with Gasteiger partial charge in [0.15, 0.2) is 0 Å². The van der Waals surface area contributed by atoms with Crippen molar-refractivity contribution in [1.29, 1.82) is 0 Å². The molecule has 0 amide bonds. The van der Waals surface area contributed by atoms with E-state index in [9.17, 15) is 4.57 Å². The summed E-state index contributed by atoms with van der Waals surface area (Å²) in [5, 5.41) is 0. The molecular formula is HBr2O4P. The second kappa shape index (κ2) is 3.17. The number of hydrogen-bond acceptors (Lipinski definition) is 3. The summed E-state index contributed by atoms with van der Waals surface area (Å²) in [6.07, 6.45) is 0. The van der Waals surface area contributed by atoms with E-state index >= 15 is 0 Å². The Morgan fingerprint density at radius 1 is 1.43 bits per heavy atom. The molecule has 0 aromatic carbocycles. The molecule has 0 bridgehead atoms. The van der Waals surface area contributed by atoms with Gasteiger partial charge in [-0.2, -0.15) is 0 Å². The van der Waals surface area contributed by atoms with Gasteiger partial charge in [0, 0.05) is 0 Å². The van der Waals surface area contributed by atoms with Crippen LogP contribution in [0.1, 0.15) is 0 Å². The lowest BCUT2D eigenvalue weighted by Crippen LogP contribution is -1.72. The molecule has 1 N–H and O–H groups in total. The monoisotopic (exact) mass is 254 g/mol. The van der Waals surface area contributed by atoms with E-state index in [0.29, 0.717) is 0 Å². The molecule has 0 atom stereocenters. The fourth-order valence-corrected chi connectivity index (χ4v) is 0.862. The molecule has 0 unspecified atom stereocenters. The molecule has 0 rings (SSSR count). The first-order valence-electron chi connectivity index (χ1n) is 1.06. The van der Waals surface area contributed by atoms with Crippen molar-refractivity contribution in [3.05, 3.63) is 0 Å². The summed E-state index contributed by atoms with van der Waals surface area (Å²) in [6.45, 7) is 0. The van der Waals surface area contributed by atoms with Crippen molar-refractivity contribution >= 4 is 40.3 Å². The lowest BCUT2D eigenvalue weighted by molar-refractivity contribution is 0.335. The zero-order valence-electron chi connectivity index (χ0n) is 2.88. The van der Waals surface area contributed by atoms with E-state index in [1.54, 1.807) is 0 Å².